The van der Waals surface area contributed by atoms with Crippen LogP contribution in [-0.2, 0) is 0 Å². The van der Waals surface area contributed by atoms with E-state index in [1.165, 1.54) is 0 Å². The molecule has 6 heteroatoms. The molecule has 88 valence electrons. The molecule has 3 aromatic heterocycles. The lowest BCUT2D eigenvalue weighted by Gasteiger charge is -1.88. The van der Waals surface area contributed by atoms with Gasteiger partial charge in [0.15, 0.2) is 0 Å². The molecule has 3 rings (SSSR count). The number of nitriles is 1. The Morgan fingerprint density at radius 2 is 2.22 bits per heavy atom. The van der Waals surface area contributed by atoms with E-state index in [4.69, 9.17) is 14.2 Å². The Balaban J connectivity index is 1.99. The molecule has 0 atom stereocenters. The smallest absolute Gasteiger partial charge is 0.274 e. The maximum Gasteiger partial charge on any atom is 0.274 e. The molecule has 0 spiro atoms. The summed E-state index contributed by atoms with van der Waals surface area (Å²) in [7, 11) is 0. The minimum absolute atomic E-state index is 0.340. The molecule has 0 aliphatic heterocycles. The molecule has 0 fully saturated rings. The number of rotatable bonds is 2. The quantitative estimate of drug-likeness (QED) is 0.742. The number of aryl methyl sites for hydroxylation is 1. The van der Waals surface area contributed by atoms with E-state index in [9.17, 15) is 0 Å². The largest absolute Gasteiger partial charge is 0.469 e. The van der Waals surface area contributed by atoms with Crippen molar-refractivity contribution in [3.8, 4) is 29.0 Å². The Morgan fingerprint density at radius 3 is 2.89 bits per heavy atom. The molecule has 0 bridgehead atoms. The number of H-pyrrole nitrogens is 1. The minimum Gasteiger partial charge on any atom is -0.469 e. The maximum atomic E-state index is 8.73. The molecule has 6 nitrogen and oxygen atoms in total. The zero-order chi connectivity index (χ0) is 12.5. The van der Waals surface area contributed by atoms with Gasteiger partial charge in [0.1, 0.15) is 23.2 Å². The van der Waals surface area contributed by atoms with Crippen LogP contribution in [0.2, 0.25) is 0 Å². The fourth-order valence-electron chi connectivity index (χ4n) is 1.64. The van der Waals surface area contributed by atoms with E-state index in [1.807, 2.05) is 13.0 Å². The van der Waals surface area contributed by atoms with Crippen LogP contribution in [0, 0.1) is 18.3 Å². The average molecular weight is 240 g/mol. The first-order chi connectivity index (χ1) is 8.78. The highest BCUT2D eigenvalue weighted by molar-refractivity contribution is 5.59. The lowest BCUT2D eigenvalue weighted by atomic mass is 10.2. The van der Waals surface area contributed by atoms with Crippen LogP contribution in [0.5, 0.6) is 0 Å². The Kier molecular flexibility index (Phi) is 2.24. The van der Waals surface area contributed by atoms with Gasteiger partial charge in [-0.1, -0.05) is 5.16 Å². The van der Waals surface area contributed by atoms with Crippen LogP contribution in [0.3, 0.4) is 0 Å². The molecule has 0 radical (unpaired) electrons. The number of hydrogen-bond acceptors (Lipinski definition) is 5. The summed E-state index contributed by atoms with van der Waals surface area (Å²) in [6, 6.07) is 7.15. The van der Waals surface area contributed by atoms with Crippen LogP contribution in [0.15, 0.2) is 33.4 Å². The fourth-order valence-corrected chi connectivity index (χ4v) is 1.64. The SMILES string of the molecule is Cc1occc1-c1noc(-c2ccc(C#N)[nH]2)n1. The van der Waals surface area contributed by atoms with Crippen LogP contribution in [0.4, 0.5) is 0 Å². The number of hydrogen-bond donors (Lipinski definition) is 1. The summed E-state index contributed by atoms with van der Waals surface area (Å²) in [5.74, 6) is 1.53. The van der Waals surface area contributed by atoms with E-state index in [2.05, 4.69) is 15.1 Å². The highest BCUT2D eigenvalue weighted by Crippen LogP contribution is 2.24. The third kappa shape index (κ3) is 1.58. The summed E-state index contributed by atoms with van der Waals surface area (Å²) in [5, 5.41) is 12.6. The van der Waals surface area contributed by atoms with Crippen LogP contribution in [-0.4, -0.2) is 15.1 Å². The monoisotopic (exact) mass is 240 g/mol. The van der Waals surface area contributed by atoms with Gasteiger partial charge in [-0.05, 0) is 25.1 Å². The second kappa shape index (κ2) is 3.89. The van der Waals surface area contributed by atoms with Gasteiger partial charge < -0.3 is 13.9 Å². The molecule has 1 N–H and O–H groups in total. The van der Waals surface area contributed by atoms with Crippen molar-refractivity contribution in [2.45, 2.75) is 6.92 Å². The van der Waals surface area contributed by atoms with Gasteiger partial charge in [0.2, 0.25) is 5.82 Å². The van der Waals surface area contributed by atoms with E-state index in [0.717, 1.165) is 11.3 Å². The molecular weight excluding hydrogens is 232 g/mol. The predicted molar refractivity (Wildman–Crippen MR) is 61.2 cm³/mol. The Hall–Kier alpha value is -2.81. The number of nitrogens with zero attached hydrogens (tertiary/aromatic N) is 3. The molecule has 3 heterocycles. The van der Waals surface area contributed by atoms with E-state index >= 15 is 0 Å². The van der Waals surface area contributed by atoms with Crippen molar-refractivity contribution in [3.63, 3.8) is 0 Å². The van der Waals surface area contributed by atoms with Crippen molar-refractivity contribution in [1.82, 2.24) is 15.1 Å². The zero-order valence-electron chi connectivity index (χ0n) is 9.47. The van der Waals surface area contributed by atoms with E-state index in [-0.39, 0.29) is 0 Å². The Bertz CT molecular complexity index is 729. The van der Waals surface area contributed by atoms with Crippen molar-refractivity contribution < 1.29 is 8.94 Å². The Labute approximate surface area is 102 Å². The summed E-state index contributed by atoms with van der Waals surface area (Å²) < 4.78 is 10.3. The molecular formula is C12H8N4O2. The van der Waals surface area contributed by atoms with Gasteiger partial charge in [0, 0.05) is 0 Å². The Morgan fingerprint density at radius 1 is 1.33 bits per heavy atom. The first-order valence-corrected chi connectivity index (χ1v) is 5.25. The summed E-state index contributed by atoms with van der Waals surface area (Å²) in [4.78, 5) is 7.12. The second-order valence-corrected chi connectivity index (χ2v) is 3.71. The van der Waals surface area contributed by atoms with Crippen LogP contribution in [0.1, 0.15) is 11.5 Å². The van der Waals surface area contributed by atoms with Gasteiger partial charge in [-0.15, -0.1) is 0 Å². The molecule has 0 unspecified atom stereocenters. The van der Waals surface area contributed by atoms with Crippen molar-refractivity contribution >= 4 is 0 Å². The van der Waals surface area contributed by atoms with E-state index in [1.54, 1.807) is 24.5 Å². The highest BCUT2D eigenvalue weighted by atomic mass is 16.5. The first-order valence-electron chi connectivity index (χ1n) is 5.25. The number of furan rings is 1. The lowest BCUT2D eigenvalue weighted by molar-refractivity contribution is 0.431. The molecule has 0 aliphatic rings. The van der Waals surface area contributed by atoms with Crippen LogP contribution in [0.25, 0.3) is 23.0 Å². The van der Waals surface area contributed by atoms with Crippen LogP contribution >= 0.6 is 0 Å². The zero-order valence-corrected chi connectivity index (χ0v) is 9.47. The van der Waals surface area contributed by atoms with Crippen molar-refractivity contribution in [1.29, 1.82) is 5.26 Å². The normalized spacial score (nSPS) is 10.4. The van der Waals surface area contributed by atoms with Gasteiger partial charge >= 0.3 is 0 Å². The summed E-state index contributed by atoms with van der Waals surface area (Å²) >= 11 is 0. The first kappa shape index (κ1) is 10.4. The molecule has 0 aromatic carbocycles. The summed E-state index contributed by atoms with van der Waals surface area (Å²) in [6.45, 7) is 1.83. The van der Waals surface area contributed by atoms with Crippen molar-refractivity contribution in [2.24, 2.45) is 0 Å². The van der Waals surface area contributed by atoms with Gasteiger partial charge in [0.05, 0.1) is 11.8 Å². The van der Waals surface area contributed by atoms with Crippen molar-refractivity contribution in [3.05, 3.63) is 35.9 Å². The third-order valence-corrected chi connectivity index (χ3v) is 2.56. The lowest BCUT2D eigenvalue weighted by Crippen LogP contribution is -1.81. The number of nitrogens with one attached hydrogen (secondary N) is 1. The van der Waals surface area contributed by atoms with Gasteiger partial charge in [0.25, 0.3) is 5.89 Å². The molecule has 0 saturated carbocycles. The topological polar surface area (TPSA) is 91.6 Å². The fraction of sp³-hybridized carbons (Fsp3) is 0.0833. The molecule has 0 saturated heterocycles. The van der Waals surface area contributed by atoms with E-state index in [0.29, 0.717) is 23.1 Å². The van der Waals surface area contributed by atoms with Crippen molar-refractivity contribution in [2.75, 3.05) is 0 Å². The molecule has 0 amide bonds. The van der Waals surface area contributed by atoms with E-state index < -0.39 is 0 Å². The highest BCUT2D eigenvalue weighted by Gasteiger charge is 2.14. The standard InChI is InChI=1S/C12H8N4O2/c1-7-9(4-5-17-7)11-15-12(18-16-11)10-3-2-8(6-13)14-10/h2-5,14H,1H3. The van der Waals surface area contributed by atoms with Gasteiger partial charge in [-0.2, -0.15) is 10.2 Å². The number of aromatic amines is 1. The minimum atomic E-state index is 0.340. The maximum absolute atomic E-state index is 8.73. The summed E-state index contributed by atoms with van der Waals surface area (Å²) in [6.07, 6.45) is 1.57. The summed E-state index contributed by atoms with van der Waals surface area (Å²) in [5.41, 5.74) is 1.85. The predicted octanol–water partition coefficient (Wildman–Crippen LogP) is 2.50. The number of aromatic nitrogens is 3. The van der Waals surface area contributed by atoms with Gasteiger partial charge in [-0.3, -0.25) is 0 Å². The second-order valence-electron chi connectivity index (χ2n) is 3.71. The van der Waals surface area contributed by atoms with Crippen LogP contribution < -0.4 is 0 Å². The van der Waals surface area contributed by atoms with Gasteiger partial charge in [-0.25, -0.2) is 0 Å². The molecule has 0 aliphatic carbocycles. The molecule has 3 aromatic rings. The third-order valence-electron chi connectivity index (χ3n) is 2.56. The average Bonchev–Trinajstić information content (AvgIpc) is 3.07. The molecule has 18 heavy (non-hydrogen) atoms.